The van der Waals surface area contributed by atoms with Crippen molar-refractivity contribution in [1.82, 2.24) is 5.32 Å². The number of hydrogen-bond acceptors (Lipinski definition) is 4. The van der Waals surface area contributed by atoms with Gasteiger partial charge in [0.05, 0.1) is 13.2 Å². The van der Waals surface area contributed by atoms with E-state index in [-0.39, 0.29) is 11.9 Å². The first kappa shape index (κ1) is 13.8. The minimum absolute atomic E-state index is 0.0160. The van der Waals surface area contributed by atoms with E-state index in [2.05, 4.69) is 10.2 Å². The summed E-state index contributed by atoms with van der Waals surface area (Å²) in [5.74, 6) is 0.0160. The van der Waals surface area contributed by atoms with Crippen LogP contribution < -0.4 is 16.0 Å². The third kappa shape index (κ3) is 3.45. The van der Waals surface area contributed by atoms with Crippen LogP contribution >= 0.6 is 0 Å². The summed E-state index contributed by atoms with van der Waals surface area (Å²) >= 11 is 0. The van der Waals surface area contributed by atoms with Crippen molar-refractivity contribution < 1.29 is 9.53 Å². The van der Waals surface area contributed by atoms with E-state index in [4.69, 9.17) is 10.5 Å². The molecule has 1 heterocycles. The molecule has 2 rings (SSSR count). The van der Waals surface area contributed by atoms with Gasteiger partial charge in [0, 0.05) is 31.9 Å². The first-order valence-electron chi connectivity index (χ1n) is 6.57. The van der Waals surface area contributed by atoms with Gasteiger partial charge in [-0.2, -0.15) is 0 Å². The molecule has 1 aliphatic heterocycles. The lowest BCUT2D eigenvalue weighted by atomic mass is 9.97. The Hall–Kier alpha value is -1.59. The van der Waals surface area contributed by atoms with Crippen molar-refractivity contribution in [2.45, 2.75) is 12.5 Å². The molecule has 3 N–H and O–H groups in total. The molecule has 1 atom stereocenters. The van der Waals surface area contributed by atoms with Gasteiger partial charge in [-0.1, -0.05) is 18.2 Å². The third-order valence-corrected chi connectivity index (χ3v) is 3.35. The molecule has 104 valence electrons. The van der Waals surface area contributed by atoms with Crippen LogP contribution in [-0.2, 0) is 9.53 Å². The Labute approximate surface area is 113 Å². The molecule has 0 fully saturated rings. The smallest absolute Gasteiger partial charge is 0.239 e. The van der Waals surface area contributed by atoms with E-state index in [9.17, 15) is 4.79 Å². The number of rotatable bonds is 5. The van der Waals surface area contributed by atoms with Crippen LogP contribution in [0.5, 0.6) is 0 Å². The Morgan fingerprint density at radius 1 is 1.53 bits per heavy atom. The molecule has 0 aliphatic carbocycles. The van der Waals surface area contributed by atoms with E-state index in [1.54, 1.807) is 7.11 Å². The molecular formula is C14H21N3O2. The zero-order valence-corrected chi connectivity index (χ0v) is 11.3. The largest absolute Gasteiger partial charge is 0.383 e. The lowest BCUT2D eigenvalue weighted by Crippen LogP contribution is -2.42. The molecule has 1 aromatic rings. The number of nitrogens with one attached hydrogen (secondary N) is 1. The van der Waals surface area contributed by atoms with Crippen molar-refractivity contribution in [3.8, 4) is 0 Å². The number of anilines is 1. The van der Waals surface area contributed by atoms with Crippen LogP contribution in [0.1, 0.15) is 18.0 Å². The maximum atomic E-state index is 11.8. The summed E-state index contributed by atoms with van der Waals surface area (Å²) in [6.45, 7) is 2.26. The average molecular weight is 263 g/mol. The molecule has 1 unspecified atom stereocenters. The molecule has 0 aromatic heterocycles. The topological polar surface area (TPSA) is 67.6 Å². The lowest BCUT2D eigenvalue weighted by Gasteiger charge is -2.33. The number of para-hydroxylation sites is 1. The van der Waals surface area contributed by atoms with E-state index in [0.29, 0.717) is 19.7 Å². The highest BCUT2D eigenvalue weighted by Crippen LogP contribution is 2.31. The number of ether oxygens (including phenoxy) is 1. The van der Waals surface area contributed by atoms with Gasteiger partial charge in [-0.25, -0.2) is 0 Å². The van der Waals surface area contributed by atoms with Crippen LogP contribution in [0.25, 0.3) is 0 Å². The number of benzene rings is 1. The normalized spacial score (nSPS) is 18.0. The molecule has 0 saturated heterocycles. The van der Waals surface area contributed by atoms with Crippen LogP contribution in [0.15, 0.2) is 24.3 Å². The molecule has 0 radical (unpaired) electrons. The highest BCUT2D eigenvalue weighted by Gasteiger charge is 2.23. The van der Waals surface area contributed by atoms with Crippen LogP contribution in [0.4, 0.5) is 5.69 Å². The zero-order valence-electron chi connectivity index (χ0n) is 11.3. The van der Waals surface area contributed by atoms with Gasteiger partial charge >= 0.3 is 0 Å². The Morgan fingerprint density at radius 2 is 2.32 bits per heavy atom. The van der Waals surface area contributed by atoms with Crippen molar-refractivity contribution >= 4 is 11.6 Å². The lowest BCUT2D eigenvalue weighted by molar-refractivity contribution is -0.120. The van der Waals surface area contributed by atoms with Crippen molar-refractivity contribution in [2.75, 3.05) is 38.3 Å². The molecule has 5 nitrogen and oxygen atoms in total. The zero-order chi connectivity index (χ0) is 13.7. The molecule has 1 aliphatic rings. The molecule has 1 amide bonds. The Bertz CT molecular complexity index is 436. The maximum Gasteiger partial charge on any atom is 0.239 e. The summed E-state index contributed by atoms with van der Waals surface area (Å²) in [5, 5.41) is 2.84. The predicted octanol–water partition coefficient (Wildman–Crippen LogP) is 0.659. The number of nitrogens with two attached hydrogens (primary N) is 1. The fraction of sp³-hybridized carbons (Fsp3) is 0.500. The van der Waals surface area contributed by atoms with Crippen LogP contribution in [0, 0.1) is 0 Å². The van der Waals surface area contributed by atoms with Gasteiger partial charge in [0.1, 0.15) is 0 Å². The van der Waals surface area contributed by atoms with Crippen molar-refractivity contribution in [2.24, 2.45) is 5.73 Å². The second-order valence-electron chi connectivity index (χ2n) is 4.72. The molecular weight excluding hydrogens is 242 g/mol. The number of carbonyl (C=O) groups is 1. The quantitative estimate of drug-likeness (QED) is 0.766. The Kier molecular flexibility index (Phi) is 4.76. The maximum absolute atomic E-state index is 11.8. The van der Waals surface area contributed by atoms with Crippen LogP contribution in [0.2, 0.25) is 0 Å². The second-order valence-corrected chi connectivity index (χ2v) is 4.72. The Morgan fingerprint density at radius 3 is 3.11 bits per heavy atom. The second kappa shape index (κ2) is 6.54. The summed E-state index contributed by atoms with van der Waals surface area (Å²) in [5.41, 5.74) is 8.29. The minimum Gasteiger partial charge on any atom is -0.383 e. The first-order valence-corrected chi connectivity index (χ1v) is 6.57. The van der Waals surface area contributed by atoms with Gasteiger partial charge in [0.15, 0.2) is 0 Å². The molecule has 0 bridgehead atoms. The van der Waals surface area contributed by atoms with Gasteiger partial charge in [0.2, 0.25) is 5.91 Å². The molecule has 1 aromatic carbocycles. The number of nitrogens with zero attached hydrogens (tertiary/aromatic N) is 1. The van der Waals surface area contributed by atoms with Gasteiger partial charge in [-0.3, -0.25) is 4.79 Å². The number of hydrogen-bond donors (Lipinski definition) is 2. The Balaban J connectivity index is 1.98. The van der Waals surface area contributed by atoms with Gasteiger partial charge in [0.25, 0.3) is 0 Å². The monoisotopic (exact) mass is 263 g/mol. The molecule has 19 heavy (non-hydrogen) atoms. The summed E-state index contributed by atoms with van der Waals surface area (Å²) < 4.78 is 4.91. The van der Waals surface area contributed by atoms with Gasteiger partial charge < -0.3 is 20.7 Å². The van der Waals surface area contributed by atoms with E-state index < -0.39 is 0 Å². The number of fused-ring (bicyclic) bond motifs is 1. The number of methoxy groups -OCH3 is 1. The summed E-state index contributed by atoms with van der Waals surface area (Å²) in [7, 11) is 1.62. The van der Waals surface area contributed by atoms with E-state index in [1.165, 1.54) is 0 Å². The molecule has 5 heteroatoms. The minimum atomic E-state index is 0.0160. The third-order valence-electron chi connectivity index (χ3n) is 3.35. The highest BCUT2D eigenvalue weighted by atomic mass is 16.5. The fourth-order valence-electron chi connectivity index (χ4n) is 2.35. The van der Waals surface area contributed by atoms with Crippen LogP contribution in [0.3, 0.4) is 0 Å². The predicted molar refractivity (Wildman–Crippen MR) is 75.1 cm³/mol. The summed E-state index contributed by atoms with van der Waals surface area (Å²) in [6.07, 6.45) is 0.877. The summed E-state index contributed by atoms with van der Waals surface area (Å²) in [4.78, 5) is 13.9. The van der Waals surface area contributed by atoms with Gasteiger partial charge in [-0.15, -0.1) is 0 Å². The molecule has 0 saturated carbocycles. The van der Waals surface area contributed by atoms with E-state index in [0.717, 1.165) is 24.2 Å². The van der Waals surface area contributed by atoms with Gasteiger partial charge in [-0.05, 0) is 18.1 Å². The van der Waals surface area contributed by atoms with Crippen molar-refractivity contribution in [3.63, 3.8) is 0 Å². The van der Waals surface area contributed by atoms with E-state index >= 15 is 0 Å². The average Bonchev–Trinajstić information content (AvgIpc) is 2.43. The summed E-state index contributed by atoms with van der Waals surface area (Å²) in [6, 6.07) is 8.10. The molecule has 0 spiro atoms. The van der Waals surface area contributed by atoms with Crippen molar-refractivity contribution in [1.29, 1.82) is 0 Å². The highest BCUT2D eigenvalue weighted by molar-refractivity contribution is 5.82. The fourth-order valence-corrected chi connectivity index (χ4v) is 2.35. The standard InChI is InChI=1S/C14H21N3O2/c1-19-9-7-16-14(18)10-17-8-6-12(15)11-4-2-3-5-13(11)17/h2-5,12H,6-10,15H2,1H3,(H,16,18). The number of amides is 1. The van der Waals surface area contributed by atoms with Crippen LogP contribution in [-0.4, -0.2) is 39.3 Å². The van der Waals surface area contributed by atoms with Crippen molar-refractivity contribution in [3.05, 3.63) is 29.8 Å². The van der Waals surface area contributed by atoms with E-state index in [1.807, 2.05) is 24.3 Å². The number of carbonyl (C=O) groups excluding carboxylic acids is 1. The first-order chi connectivity index (χ1) is 9.22. The SMILES string of the molecule is COCCNC(=O)CN1CCC(N)c2ccccc21.